The van der Waals surface area contributed by atoms with Gasteiger partial charge in [0.1, 0.15) is 28.2 Å². The Morgan fingerprint density at radius 2 is 0.500 bits per heavy atom. The molecule has 0 saturated carbocycles. The summed E-state index contributed by atoms with van der Waals surface area (Å²) in [4.78, 5) is 0. The number of aryl methyl sites for hydroxylation is 16. The van der Waals surface area contributed by atoms with Crippen LogP contribution in [0.3, 0.4) is 0 Å². The molecule has 0 spiro atoms. The zero-order valence-corrected chi connectivity index (χ0v) is 69.5. The zero-order valence-electron chi connectivity index (χ0n) is 82.5. The highest BCUT2D eigenvalue weighted by Gasteiger charge is 2.27. The maximum Gasteiger partial charge on any atom is 0.212 e. The van der Waals surface area contributed by atoms with Gasteiger partial charge in [0.2, 0.25) is 22.8 Å². The Kier molecular flexibility index (Phi) is 20.8. The van der Waals surface area contributed by atoms with Crippen molar-refractivity contribution < 1.29 is 36.1 Å². The van der Waals surface area contributed by atoms with Gasteiger partial charge in [-0.3, -0.25) is 0 Å². The van der Waals surface area contributed by atoms with Crippen LogP contribution in [0.15, 0.2) is 219 Å². The first kappa shape index (κ1) is 65.4. The lowest BCUT2D eigenvalue weighted by Crippen LogP contribution is -2.32. The predicted molar refractivity (Wildman–Crippen MR) is 463 cm³/mol. The highest BCUT2D eigenvalue weighted by atomic mass is 14.9. The van der Waals surface area contributed by atoms with E-state index >= 15 is 0 Å². The van der Waals surface area contributed by atoms with E-state index in [9.17, 15) is 0 Å². The summed E-state index contributed by atoms with van der Waals surface area (Å²) in [6.45, 7) is 36.7. The van der Waals surface area contributed by atoms with Gasteiger partial charge in [-0.25, -0.2) is 18.3 Å². The highest BCUT2D eigenvalue weighted by Crippen LogP contribution is 2.38. The molecule has 0 aliphatic carbocycles. The van der Waals surface area contributed by atoms with Crippen LogP contribution in [0.5, 0.6) is 0 Å². The third-order valence-electron chi connectivity index (χ3n) is 19.7. The fraction of sp³-hybridized carbons (Fsp3) is 0.346. The fourth-order valence-electron chi connectivity index (χ4n) is 14.5. The van der Waals surface area contributed by atoms with Crippen molar-refractivity contribution in [2.24, 2.45) is 49.9 Å². The van der Waals surface area contributed by atoms with Crippen molar-refractivity contribution in [3.05, 3.63) is 308 Å². The molecule has 0 amide bonds. The molecular weight excluding hydrogens is 1310 g/mol. The number of nitrogens with zero attached hydrogens (tertiary/aromatic N) is 4. The monoisotopic (exact) mass is 1450 g/mol. The van der Waals surface area contributed by atoms with Gasteiger partial charge in [-0.15, -0.1) is 0 Å². The molecule has 4 heterocycles. The van der Waals surface area contributed by atoms with Gasteiger partial charge in [0.05, 0.1) is 0 Å². The topological polar surface area (TPSA) is 15.5 Å². The van der Waals surface area contributed by atoms with Gasteiger partial charge in [-0.1, -0.05) is 229 Å². The summed E-state index contributed by atoms with van der Waals surface area (Å²) in [6, 6.07) is 65.1. The van der Waals surface area contributed by atoms with Crippen LogP contribution in [-0.4, -0.2) is 0 Å². The lowest BCUT2D eigenvalue weighted by Gasteiger charge is -2.20. The van der Waals surface area contributed by atoms with Crippen molar-refractivity contribution in [1.82, 2.24) is 0 Å². The van der Waals surface area contributed by atoms with Crippen LogP contribution in [0, 0.1) is 105 Å². The Hall–Kier alpha value is -9.64. The van der Waals surface area contributed by atoms with Crippen LogP contribution in [0.1, 0.15) is 190 Å². The molecule has 4 nitrogen and oxygen atoms in total. The van der Waals surface area contributed by atoms with Gasteiger partial charge in [0.25, 0.3) is 0 Å². The van der Waals surface area contributed by atoms with E-state index in [4.69, 9.17) is 17.8 Å². The van der Waals surface area contributed by atoms with E-state index in [0.717, 1.165) is 46.4 Å². The minimum atomic E-state index is -2.50. The fourth-order valence-corrected chi connectivity index (χ4v) is 14.5. The van der Waals surface area contributed by atoms with Crippen molar-refractivity contribution in [1.29, 1.82) is 0 Å². The average Bonchev–Trinajstić information content (AvgIpc) is 0.739. The van der Waals surface area contributed by atoms with Crippen LogP contribution in [-0.2, 0) is 53.8 Å². The number of hydrogen-bond acceptors (Lipinski definition) is 0. The van der Waals surface area contributed by atoms with Crippen molar-refractivity contribution in [3.63, 3.8) is 0 Å². The molecule has 560 valence electrons. The van der Waals surface area contributed by atoms with Crippen LogP contribution in [0.4, 0.5) is 0 Å². The van der Waals surface area contributed by atoms with Crippen molar-refractivity contribution in [2.75, 3.05) is 0 Å². The van der Waals surface area contributed by atoms with E-state index in [1.54, 1.807) is 50.6 Å². The summed E-state index contributed by atoms with van der Waals surface area (Å²) in [7, 11) is 7.96. The average molecular weight is 1450 g/mol. The molecule has 0 aliphatic rings. The van der Waals surface area contributed by atoms with E-state index < -0.39 is 44.1 Å². The Bertz CT molecular complexity index is 5710. The van der Waals surface area contributed by atoms with E-state index in [0.29, 0.717) is 44.5 Å². The first-order valence-electron chi connectivity index (χ1n) is 44.6. The lowest BCUT2D eigenvalue weighted by molar-refractivity contribution is -0.661. The number of pyridine rings is 4. The summed E-state index contributed by atoms with van der Waals surface area (Å²) in [5.41, 5.74) is 30.2. The maximum absolute atomic E-state index is 8.85. The molecule has 0 unspecified atom stereocenters. The standard InChI is InChI=1S/4C26H32N/c2*1-18-14-25(27(7)17-22(18)16-26(4,5)6)24-15-23(19(2)13-20(24)3)21-11-9-8-10-12-21;2*1-18-13-19(2)24(15-23(18)21-11-9-8-10-12-21)25-14-22(16-26(4,5)6)20(3)17-27(25)7/h4*8-15,17H,16H2,1-7H3/q4*+1/i2D3,16D2;;1D3,3D3,16D2;. The Labute approximate surface area is 671 Å². The summed E-state index contributed by atoms with van der Waals surface area (Å²) in [5.74, 6) is 0. The molecule has 0 fully saturated rings. The third-order valence-corrected chi connectivity index (χ3v) is 19.7. The molecule has 4 aromatic heterocycles. The van der Waals surface area contributed by atoms with Crippen LogP contribution < -0.4 is 18.3 Å². The second-order valence-corrected chi connectivity index (χ2v) is 34.5. The molecule has 0 bridgehead atoms. The van der Waals surface area contributed by atoms with E-state index in [1.807, 2.05) is 138 Å². The Morgan fingerprint density at radius 1 is 0.241 bits per heavy atom. The normalized spacial score (nSPS) is 14.1. The molecule has 0 aliphatic heterocycles. The van der Waals surface area contributed by atoms with Crippen molar-refractivity contribution in [3.8, 4) is 89.5 Å². The first-order valence-corrected chi connectivity index (χ1v) is 38.1. The summed E-state index contributed by atoms with van der Waals surface area (Å²) in [5, 5.41) is 0. The van der Waals surface area contributed by atoms with Gasteiger partial charge in [0.15, 0.2) is 24.8 Å². The van der Waals surface area contributed by atoms with Crippen LogP contribution in [0.2, 0.25) is 0 Å². The molecule has 0 saturated heterocycles. The van der Waals surface area contributed by atoms with Crippen molar-refractivity contribution >= 4 is 0 Å². The van der Waals surface area contributed by atoms with E-state index in [1.165, 1.54) is 95.5 Å². The van der Waals surface area contributed by atoms with E-state index in [-0.39, 0.29) is 22.1 Å². The Morgan fingerprint density at radius 3 is 0.833 bits per heavy atom. The minimum absolute atomic E-state index is 0.0382. The quantitative estimate of drug-likeness (QED) is 0.108. The van der Waals surface area contributed by atoms with Gasteiger partial charge < -0.3 is 0 Å². The number of aromatic nitrogens is 4. The van der Waals surface area contributed by atoms with Gasteiger partial charge in [-0.05, 0) is 266 Å². The number of rotatable bonds is 12. The molecule has 0 N–H and O–H groups in total. The van der Waals surface area contributed by atoms with Gasteiger partial charge in [0, 0.05) is 86.6 Å². The summed E-state index contributed by atoms with van der Waals surface area (Å²) in [6.07, 6.45) is 6.68. The maximum atomic E-state index is 8.85. The molecule has 12 rings (SSSR count). The summed E-state index contributed by atoms with van der Waals surface area (Å²) < 4.78 is 116. The Balaban J connectivity index is 0.000000184. The molecule has 0 atom stereocenters. The predicted octanol–water partition coefficient (Wildman–Crippen LogP) is 25.4. The smallest absolute Gasteiger partial charge is 0.201 e. The molecule has 108 heavy (non-hydrogen) atoms. The van der Waals surface area contributed by atoms with Crippen LogP contribution in [0.25, 0.3) is 89.5 Å². The van der Waals surface area contributed by atoms with Gasteiger partial charge in [-0.2, -0.15) is 0 Å². The first-order chi connectivity index (χ1) is 55.8. The number of benzene rings is 8. The third kappa shape index (κ3) is 21.4. The molecule has 12 aromatic rings. The van der Waals surface area contributed by atoms with Crippen LogP contribution >= 0.6 is 0 Å². The molecule has 4 heteroatoms. The largest absolute Gasteiger partial charge is 0.212 e. The molecule has 8 aromatic carbocycles. The number of hydrogen-bond donors (Lipinski definition) is 0. The minimum Gasteiger partial charge on any atom is -0.201 e. The SMILES string of the molecule is Cc1c[n+](C)c(-c2cc(-c3ccccc3)c(C)cc2C)cc1CC(C)(C)C.Cc1cc(-c2cc(-c3ccccc3)c(C)cc2C)[n+](C)cc1CC(C)(C)C.[2H]C([2H])([2H])c1cc(C)c(-c2cc(C([2H])([2H])C(C)(C)C)c(C([2H])([2H])[2H])c[n+]2C)cc1-c1ccccc1.[2H]C([2H])([2H])c1cc(C)c(-c2cc(C)c(C([2H])([2H])C(C)(C)C)c[n+]2C)cc1-c1ccccc1. The lowest BCUT2D eigenvalue weighted by atomic mass is 9.86. The second-order valence-electron chi connectivity index (χ2n) is 34.5. The van der Waals surface area contributed by atoms with Crippen molar-refractivity contribution in [2.45, 2.75) is 192 Å². The molecule has 0 radical (unpaired) electrons. The van der Waals surface area contributed by atoms with E-state index in [2.05, 4.69) is 216 Å². The highest BCUT2D eigenvalue weighted by molar-refractivity contribution is 5.80. The zero-order chi connectivity index (χ0) is 90.2. The summed E-state index contributed by atoms with van der Waals surface area (Å²) >= 11 is 0. The molecular formula is C104H128N4+4. The second kappa shape index (κ2) is 34.3. The van der Waals surface area contributed by atoms with Gasteiger partial charge >= 0.3 is 0 Å².